The van der Waals surface area contributed by atoms with Gasteiger partial charge in [-0.05, 0) is 49.7 Å². The van der Waals surface area contributed by atoms with Gasteiger partial charge >= 0.3 is 0 Å². The SMILES string of the molecule is CN1C[C@H](NC(=O)c2cc(-c3ccccc3Oc3ccccc3)n[nH]2)[C@@H]2C[C@@H]21. The van der Waals surface area contributed by atoms with E-state index < -0.39 is 0 Å². The second-order valence-corrected chi connectivity index (χ2v) is 7.56. The number of carbonyl (C=O) groups excluding carboxylic acids is 1. The third kappa shape index (κ3) is 3.16. The molecule has 2 heterocycles. The Kier molecular flexibility index (Phi) is 4.13. The topological polar surface area (TPSA) is 70.2 Å². The van der Waals surface area contributed by atoms with Crippen LogP contribution in [0, 0.1) is 5.92 Å². The summed E-state index contributed by atoms with van der Waals surface area (Å²) >= 11 is 0. The highest BCUT2D eigenvalue weighted by Gasteiger charge is 2.52. The predicted molar refractivity (Wildman–Crippen MR) is 106 cm³/mol. The molecule has 1 amide bonds. The molecule has 1 saturated heterocycles. The zero-order valence-corrected chi connectivity index (χ0v) is 15.6. The Balaban J connectivity index is 1.34. The summed E-state index contributed by atoms with van der Waals surface area (Å²) in [5.74, 6) is 1.95. The highest BCUT2D eigenvalue weighted by molar-refractivity contribution is 5.93. The van der Waals surface area contributed by atoms with Crippen molar-refractivity contribution in [3.05, 3.63) is 66.4 Å². The van der Waals surface area contributed by atoms with Gasteiger partial charge in [0, 0.05) is 24.2 Å². The minimum Gasteiger partial charge on any atom is -0.457 e. The number of carbonyl (C=O) groups is 1. The Labute approximate surface area is 163 Å². The smallest absolute Gasteiger partial charge is 0.269 e. The minimum absolute atomic E-state index is 0.105. The third-order valence-corrected chi connectivity index (χ3v) is 5.65. The minimum atomic E-state index is -0.105. The molecule has 6 heteroatoms. The van der Waals surface area contributed by atoms with E-state index in [1.807, 2.05) is 54.6 Å². The molecule has 6 nitrogen and oxygen atoms in total. The second kappa shape index (κ2) is 6.80. The monoisotopic (exact) mass is 374 g/mol. The Bertz CT molecular complexity index is 1000. The number of fused-ring (bicyclic) bond motifs is 1. The molecule has 0 bridgehead atoms. The zero-order chi connectivity index (χ0) is 19.1. The van der Waals surface area contributed by atoms with Crippen LogP contribution in [-0.4, -0.2) is 46.7 Å². The van der Waals surface area contributed by atoms with E-state index in [9.17, 15) is 4.79 Å². The van der Waals surface area contributed by atoms with Crippen LogP contribution in [-0.2, 0) is 0 Å². The number of aromatic nitrogens is 2. The number of piperidine rings is 1. The maximum Gasteiger partial charge on any atom is 0.269 e. The van der Waals surface area contributed by atoms with Crippen LogP contribution in [0.25, 0.3) is 11.3 Å². The van der Waals surface area contributed by atoms with Crippen LogP contribution in [0.3, 0.4) is 0 Å². The van der Waals surface area contributed by atoms with Crippen LogP contribution < -0.4 is 10.1 Å². The number of nitrogens with zero attached hydrogens (tertiary/aromatic N) is 2. The molecule has 1 aliphatic heterocycles. The quantitative estimate of drug-likeness (QED) is 0.719. The summed E-state index contributed by atoms with van der Waals surface area (Å²) in [6, 6.07) is 20.0. The van der Waals surface area contributed by atoms with Gasteiger partial charge in [0.15, 0.2) is 0 Å². The number of aromatic amines is 1. The van der Waals surface area contributed by atoms with Crippen LogP contribution in [0.2, 0.25) is 0 Å². The number of nitrogens with one attached hydrogen (secondary N) is 2. The van der Waals surface area contributed by atoms with Crippen molar-refractivity contribution >= 4 is 5.91 Å². The Morgan fingerprint density at radius 3 is 2.71 bits per heavy atom. The maximum atomic E-state index is 12.7. The van der Waals surface area contributed by atoms with E-state index >= 15 is 0 Å². The molecule has 3 atom stereocenters. The highest BCUT2D eigenvalue weighted by Crippen LogP contribution is 2.43. The van der Waals surface area contributed by atoms with Crippen LogP contribution in [0.15, 0.2) is 60.7 Å². The first kappa shape index (κ1) is 17.0. The fourth-order valence-corrected chi connectivity index (χ4v) is 4.08. The second-order valence-electron chi connectivity index (χ2n) is 7.56. The van der Waals surface area contributed by atoms with Crippen molar-refractivity contribution < 1.29 is 9.53 Å². The van der Waals surface area contributed by atoms with Crippen molar-refractivity contribution in [3.8, 4) is 22.8 Å². The lowest BCUT2D eigenvalue weighted by Gasteiger charge is -2.16. The van der Waals surface area contributed by atoms with Gasteiger partial charge in [-0.2, -0.15) is 5.10 Å². The van der Waals surface area contributed by atoms with Gasteiger partial charge in [0.25, 0.3) is 5.91 Å². The molecule has 0 unspecified atom stereocenters. The first-order valence-electron chi connectivity index (χ1n) is 9.58. The Morgan fingerprint density at radius 1 is 1.18 bits per heavy atom. The fraction of sp³-hybridized carbons (Fsp3) is 0.273. The Morgan fingerprint density at radius 2 is 1.96 bits per heavy atom. The van der Waals surface area contributed by atoms with Crippen molar-refractivity contribution in [1.82, 2.24) is 20.4 Å². The summed E-state index contributed by atoms with van der Waals surface area (Å²) in [5, 5.41) is 10.4. The lowest BCUT2D eigenvalue weighted by molar-refractivity contribution is 0.0927. The van der Waals surface area contributed by atoms with Gasteiger partial charge in [0.2, 0.25) is 0 Å². The number of benzene rings is 2. The van der Waals surface area contributed by atoms with Crippen molar-refractivity contribution in [2.24, 2.45) is 5.92 Å². The number of hydrogen-bond donors (Lipinski definition) is 2. The van der Waals surface area contributed by atoms with Crippen molar-refractivity contribution in [3.63, 3.8) is 0 Å². The lowest BCUT2D eigenvalue weighted by Crippen LogP contribution is -2.39. The standard InChI is InChI=1S/C22H22N4O2/c1-26-13-19(16-11-20(16)26)23-22(27)18-12-17(24-25-18)15-9-5-6-10-21(15)28-14-7-3-2-4-8-14/h2-10,12,16,19-20H,11,13H2,1H3,(H,23,27)(H,24,25)/t16-,19-,20-/m0/s1. The van der Waals surface area contributed by atoms with E-state index in [4.69, 9.17) is 4.74 Å². The number of amides is 1. The number of para-hydroxylation sites is 2. The summed E-state index contributed by atoms with van der Waals surface area (Å²) in [6.07, 6.45) is 1.18. The fourth-order valence-electron chi connectivity index (χ4n) is 4.08. The normalized spacial score (nSPS) is 23.2. The Hall–Kier alpha value is -3.12. The first-order valence-corrected chi connectivity index (χ1v) is 9.58. The van der Waals surface area contributed by atoms with Gasteiger partial charge in [0.05, 0.1) is 5.69 Å². The molecule has 0 spiro atoms. The average Bonchev–Trinajstić information content (AvgIpc) is 3.26. The molecule has 2 aromatic carbocycles. The molecule has 2 aliphatic rings. The van der Waals surface area contributed by atoms with E-state index in [-0.39, 0.29) is 11.9 Å². The third-order valence-electron chi connectivity index (χ3n) is 5.65. The van der Waals surface area contributed by atoms with Gasteiger partial charge < -0.3 is 15.0 Å². The number of rotatable bonds is 5. The molecule has 2 N–H and O–H groups in total. The maximum absolute atomic E-state index is 12.7. The first-order chi connectivity index (χ1) is 13.7. The summed E-state index contributed by atoms with van der Waals surface area (Å²) < 4.78 is 6.01. The highest BCUT2D eigenvalue weighted by atomic mass is 16.5. The molecule has 142 valence electrons. The number of ether oxygens (including phenoxy) is 1. The molecule has 0 radical (unpaired) electrons. The zero-order valence-electron chi connectivity index (χ0n) is 15.6. The van der Waals surface area contributed by atoms with E-state index in [0.29, 0.717) is 29.1 Å². The number of hydrogen-bond acceptors (Lipinski definition) is 4. The van der Waals surface area contributed by atoms with Crippen LogP contribution in [0.1, 0.15) is 16.9 Å². The summed E-state index contributed by atoms with van der Waals surface area (Å²) in [4.78, 5) is 15.0. The molecule has 2 fully saturated rings. The molecule has 1 aromatic heterocycles. The van der Waals surface area contributed by atoms with Crippen LogP contribution in [0.5, 0.6) is 11.5 Å². The van der Waals surface area contributed by atoms with Gasteiger partial charge in [-0.3, -0.25) is 9.89 Å². The summed E-state index contributed by atoms with van der Waals surface area (Å²) in [5.41, 5.74) is 1.99. The van der Waals surface area contributed by atoms with E-state index in [0.717, 1.165) is 17.9 Å². The van der Waals surface area contributed by atoms with E-state index in [1.165, 1.54) is 6.42 Å². The largest absolute Gasteiger partial charge is 0.457 e. The molecule has 5 rings (SSSR count). The predicted octanol–water partition coefficient (Wildman–Crippen LogP) is 3.30. The van der Waals surface area contributed by atoms with Crippen molar-refractivity contribution in [1.29, 1.82) is 0 Å². The van der Waals surface area contributed by atoms with Gasteiger partial charge in [-0.1, -0.05) is 30.3 Å². The van der Waals surface area contributed by atoms with Crippen LogP contribution in [0.4, 0.5) is 0 Å². The number of H-pyrrole nitrogens is 1. The average molecular weight is 374 g/mol. The van der Waals surface area contributed by atoms with E-state index in [2.05, 4.69) is 27.5 Å². The van der Waals surface area contributed by atoms with Crippen molar-refractivity contribution in [2.75, 3.05) is 13.6 Å². The molecule has 1 saturated carbocycles. The summed E-state index contributed by atoms with van der Waals surface area (Å²) in [7, 11) is 2.12. The van der Waals surface area contributed by atoms with Gasteiger partial charge in [-0.15, -0.1) is 0 Å². The van der Waals surface area contributed by atoms with Gasteiger partial charge in [0.1, 0.15) is 17.2 Å². The molecule has 1 aliphatic carbocycles. The molecular formula is C22H22N4O2. The summed E-state index contributed by atoms with van der Waals surface area (Å²) in [6.45, 7) is 0.913. The molecule has 28 heavy (non-hydrogen) atoms. The van der Waals surface area contributed by atoms with Crippen molar-refractivity contribution in [2.45, 2.75) is 18.5 Å². The van der Waals surface area contributed by atoms with E-state index in [1.54, 1.807) is 6.07 Å². The van der Waals surface area contributed by atoms with Crippen LogP contribution >= 0.6 is 0 Å². The number of likely N-dealkylation sites (tertiary alicyclic amines) is 1. The molecule has 3 aromatic rings. The lowest BCUT2D eigenvalue weighted by atomic mass is 10.1. The molecular weight excluding hydrogens is 352 g/mol. The van der Waals surface area contributed by atoms with Gasteiger partial charge in [-0.25, -0.2) is 0 Å². The number of likely N-dealkylation sites (N-methyl/N-ethyl adjacent to an activating group) is 1.